The van der Waals surface area contributed by atoms with Gasteiger partial charge in [0, 0.05) is 26.2 Å². The number of anilines is 2. The molecule has 1 aliphatic rings. The Bertz CT molecular complexity index is 1210. The minimum Gasteiger partial charge on any atom is -0.495 e. The molecule has 0 atom stereocenters. The van der Waals surface area contributed by atoms with Crippen LogP contribution in [-0.4, -0.2) is 53.0 Å². The highest BCUT2D eigenvalue weighted by atomic mass is 16.5. The third-order valence-electron chi connectivity index (χ3n) is 5.70. The first-order valence-electron chi connectivity index (χ1n) is 10.3. The van der Waals surface area contributed by atoms with Crippen LogP contribution >= 0.6 is 0 Å². The maximum atomic E-state index is 5.59. The summed E-state index contributed by atoms with van der Waals surface area (Å²) in [7, 11) is 1.71. The molecule has 1 saturated heterocycles. The molecule has 1 aliphatic heterocycles. The molecule has 0 amide bonds. The average molecular weight is 412 g/mol. The van der Waals surface area contributed by atoms with E-state index >= 15 is 0 Å². The van der Waals surface area contributed by atoms with Gasteiger partial charge in [0.05, 0.1) is 30.1 Å². The number of aromatic nitrogens is 4. The van der Waals surface area contributed by atoms with Gasteiger partial charge in [-0.1, -0.05) is 36.9 Å². The Morgan fingerprint density at radius 3 is 2.48 bits per heavy atom. The number of para-hydroxylation sites is 1. The fourth-order valence-corrected chi connectivity index (χ4v) is 4.08. The van der Waals surface area contributed by atoms with Crippen LogP contribution in [0.2, 0.25) is 0 Å². The van der Waals surface area contributed by atoms with Crippen molar-refractivity contribution in [1.82, 2.24) is 19.7 Å². The molecule has 5 rings (SSSR count). The largest absolute Gasteiger partial charge is 0.495 e. The average Bonchev–Trinajstić information content (AvgIpc) is 3.29. The lowest BCUT2D eigenvalue weighted by atomic mass is 10.1. The number of benzene rings is 2. The van der Waals surface area contributed by atoms with Crippen molar-refractivity contribution >= 4 is 28.6 Å². The normalized spacial score (nSPS) is 14.1. The van der Waals surface area contributed by atoms with E-state index in [9.17, 15) is 0 Å². The highest BCUT2D eigenvalue weighted by Gasteiger charge is 2.23. The Morgan fingerprint density at radius 1 is 0.968 bits per heavy atom. The molecule has 0 N–H and O–H groups in total. The van der Waals surface area contributed by atoms with E-state index < -0.39 is 0 Å². The second-order valence-electron chi connectivity index (χ2n) is 7.44. The predicted octanol–water partition coefficient (Wildman–Crippen LogP) is 3.79. The Morgan fingerprint density at radius 2 is 1.74 bits per heavy atom. The van der Waals surface area contributed by atoms with E-state index in [1.807, 2.05) is 59.4 Å². The van der Waals surface area contributed by atoms with E-state index in [0.717, 1.165) is 65.7 Å². The highest BCUT2D eigenvalue weighted by molar-refractivity contribution is 5.87. The Balaban J connectivity index is 1.40. The molecule has 0 saturated carbocycles. The van der Waals surface area contributed by atoms with Gasteiger partial charge in [-0.3, -0.25) is 0 Å². The predicted molar refractivity (Wildman–Crippen MR) is 124 cm³/mol. The van der Waals surface area contributed by atoms with Gasteiger partial charge in [0.2, 0.25) is 0 Å². The zero-order valence-corrected chi connectivity index (χ0v) is 17.5. The van der Waals surface area contributed by atoms with Crippen molar-refractivity contribution in [2.45, 2.75) is 0 Å². The van der Waals surface area contributed by atoms with Crippen molar-refractivity contribution in [3.8, 4) is 11.4 Å². The Hall–Kier alpha value is -3.87. The van der Waals surface area contributed by atoms with Gasteiger partial charge in [0.25, 0.3) is 0 Å². The second kappa shape index (κ2) is 8.10. The summed E-state index contributed by atoms with van der Waals surface area (Å²) in [4.78, 5) is 13.8. The van der Waals surface area contributed by atoms with E-state index in [4.69, 9.17) is 4.74 Å². The monoisotopic (exact) mass is 412 g/mol. The van der Waals surface area contributed by atoms with Crippen LogP contribution < -0.4 is 14.5 Å². The number of hydrogen-bond acceptors (Lipinski definition) is 6. The van der Waals surface area contributed by atoms with Gasteiger partial charge >= 0.3 is 0 Å². The maximum absolute atomic E-state index is 5.59. The highest BCUT2D eigenvalue weighted by Crippen LogP contribution is 2.32. The number of piperazine rings is 1. The quantitative estimate of drug-likeness (QED) is 0.497. The summed E-state index contributed by atoms with van der Waals surface area (Å²) >= 11 is 0. The topological polar surface area (TPSA) is 59.3 Å². The van der Waals surface area contributed by atoms with Crippen LogP contribution in [0.25, 0.3) is 22.8 Å². The maximum Gasteiger partial charge on any atom is 0.168 e. The van der Waals surface area contributed by atoms with Crippen molar-refractivity contribution in [2.24, 2.45) is 0 Å². The number of methoxy groups -OCH3 is 1. The van der Waals surface area contributed by atoms with Gasteiger partial charge < -0.3 is 14.5 Å². The summed E-state index contributed by atoms with van der Waals surface area (Å²) in [6, 6.07) is 16.2. The Kier molecular flexibility index (Phi) is 5.00. The van der Waals surface area contributed by atoms with E-state index in [1.165, 1.54) is 0 Å². The van der Waals surface area contributed by atoms with Crippen molar-refractivity contribution in [1.29, 1.82) is 0 Å². The number of ether oxygens (including phenoxy) is 1. The SMILES string of the molecule is C=Cc1ccc(OC)c(N2CCN(c3ncnc4c3cnn4-c3ccccc3)CC2)c1. The smallest absolute Gasteiger partial charge is 0.168 e. The molecule has 0 unspecified atom stereocenters. The fourth-order valence-electron chi connectivity index (χ4n) is 4.08. The molecule has 4 aromatic rings. The number of nitrogens with zero attached hydrogens (tertiary/aromatic N) is 6. The van der Waals surface area contributed by atoms with Crippen LogP contribution in [-0.2, 0) is 0 Å². The third kappa shape index (κ3) is 3.48. The summed E-state index contributed by atoms with van der Waals surface area (Å²) < 4.78 is 7.45. The van der Waals surface area contributed by atoms with Gasteiger partial charge in [-0.2, -0.15) is 5.10 Å². The first-order valence-corrected chi connectivity index (χ1v) is 10.3. The molecular weight excluding hydrogens is 388 g/mol. The molecule has 7 heteroatoms. The van der Waals surface area contributed by atoms with Crippen LogP contribution in [0.15, 0.2) is 67.6 Å². The van der Waals surface area contributed by atoms with Crippen LogP contribution in [0.4, 0.5) is 11.5 Å². The van der Waals surface area contributed by atoms with E-state index in [-0.39, 0.29) is 0 Å². The van der Waals surface area contributed by atoms with Gasteiger partial charge in [-0.15, -0.1) is 0 Å². The zero-order chi connectivity index (χ0) is 21.2. The molecule has 0 radical (unpaired) electrons. The van der Waals surface area contributed by atoms with Gasteiger partial charge in [0.1, 0.15) is 17.9 Å². The first kappa shape index (κ1) is 19.1. The number of fused-ring (bicyclic) bond motifs is 1. The molecular formula is C24H24N6O. The molecule has 7 nitrogen and oxygen atoms in total. The minimum atomic E-state index is 0.819. The van der Waals surface area contributed by atoms with Crippen LogP contribution in [0.1, 0.15) is 5.56 Å². The number of rotatable bonds is 5. The van der Waals surface area contributed by atoms with Crippen molar-refractivity contribution in [3.63, 3.8) is 0 Å². The summed E-state index contributed by atoms with van der Waals surface area (Å²) in [5, 5.41) is 5.54. The van der Waals surface area contributed by atoms with Crippen LogP contribution in [0.5, 0.6) is 5.75 Å². The van der Waals surface area contributed by atoms with Gasteiger partial charge in [-0.25, -0.2) is 14.6 Å². The van der Waals surface area contributed by atoms with Crippen LogP contribution in [0, 0.1) is 0 Å². The molecule has 1 fully saturated rings. The minimum absolute atomic E-state index is 0.819. The summed E-state index contributed by atoms with van der Waals surface area (Å²) in [6.45, 7) is 7.33. The fraction of sp³-hybridized carbons (Fsp3) is 0.208. The molecule has 2 aromatic carbocycles. The van der Waals surface area contributed by atoms with E-state index in [0.29, 0.717) is 0 Å². The third-order valence-corrected chi connectivity index (χ3v) is 5.70. The molecule has 0 spiro atoms. The second-order valence-corrected chi connectivity index (χ2v) is 7.44. The molecule has 3 heterocycles. The van der Waals surface area contributed by atoms with Gasteiger partial charge in [-0.05, 0) is 29.8 Å². The zero-order valence-electron chi connectivity index (χ0n) is 17.5. The van der Waals surface area contributed by atoms with Gasteiger partial charge in [0.15, 0.2) is 5.65 Å². The summed E-state index contributed by atoms with van der Waals surface area (Å²) in [5.74, 6) is 1.81. The molecule has 0 bridgehead atoms. The van der Waals surface area contributed by atoms with E-state index in [1.54, 1.807) is 13.4 Å². The first-order chi connectivity index (χ1) is 15.3. The van der Waals surface area contributed by atoms with Crippen molar-refractivity contribution in [3.05, 3.63) is 73.2 Å². The van der Waals surface area contributed by atoms with Crippen molar-refractivity contribution in [2.75, 3.05) is 43.1 Å². The number of hydrogen-bond donors (Lipinski definition) is 0. The van der Waals surface area contributed by atoms with E-state index in [2.05, 4.69) is 37.5 Å². The standard InChI is InChI=1S/C24H24N6O/c1-3-18-9-10-22(31-2)21(15-18)28-11-13-29(14-12-28)23-20-16-27-30(24(20)26-17-25-23)19-7-5-4-6-8-19/h3-10,15-17H,1,11-14H2,2H3. The lowest BCUT2D eigenvalue weighted by Crippen LogP contribution is -2.47. The molecule has 156 valence electrons. The Labute approximate surface area is 181 Å². The molecule has 0 aliphatic carbocycles. The summed E-state index contributed by atoms with van der Waals surface area (Å²) in [5.41, 5.74) is 3.99. The van der Waals surface area contributed by atoms with Crippen LogP contribution in [0.3, 0.4) is 0 Å². The lowest BCUT2D eigenvalue weighted by Gasteiger charge is -2.37. The molecule has 2 aromatic heterocycles. The summed E-state index contributed by atoms with van der Waals surface area (Å²) in [6.07, 6.45) is 5.35. The lowest BCUT2D eigenvalue weighted by molar-refractivity contribution is 0.413. The van der Waals surface area contributed by atoms with Crippen molar-refractivity contribution < 1.29 is 4.74 Å². The molecule has 31 heavy (non-hydrogen) atoms.